The third kappa shape index (κ3) is 7.07. The number of hydrogen-bond acceptors (Lipinski definition) is 3. The highest BCUT2D eigenvalue weighted by molar-refractivity contribution is 7.85. The molecule has 2 atom stereocenters. The van der Waals surface area contributed by atoms with Crippen molar-refractivity contribution in [1.29, 1.82) is 0 Å². The van der Waals surface area contributed by atoms with E-state index in [0.717, 1.165) is 0 Å². The van der Waals surface area contributed by atoms with Gasteiger partial charge in [0, 0.05) is 35.8 Å². The van der Waals surface area contributed by atoms with Crippen molar-refractivity contribution in [2.75, 3.05) is 18.6 Å². The van der Waals surface area contributed by atoms with Gasteiger partial charge in [0.05, 0.1) is 5.92 Å². The predicted octanol–water partition coefficient (Wildman–Crippen LogP) is -0.0180. The van der Waals surface area contributed by atoms with Gasteiger partial charge in [0.15, 0.2) is 0 Å². The van der Waals surface area contributed by atoms with Crippen molar-refractivity contribution in [2.45, 2.75) is 19.8 Å². The van der Waals surface area contributed by atoms with Gasteiger partial charge >= 0.3 is 5.97 Å². The predicted molar refractivity (Wildman–Crippen MR) is 58.0 cm³/mol. The molecule has 88 valence electrons. The Morgan fingerprint density at radius 1 is 1.47 bits per heavy atom. The maximum absolute atomic E-state index is 11.3. The van der Waals surface area contributed by atoms with E-state index >= 15 is 0 Å². The maximum atomic E-state index is 11.3. The number of aliphatic carboxylic acids is 1. The minimum Gasteiger partial charge on any atom is -0.481 e. The first kappa shape index (κ1) is 14.1. The van der Waals surface area contributed by atoms with Crippen molar-refractivity contribution in [2.24, 2.45) is 5.92 Å². The Morgan fingerprint density at radius 2 is 2.07 bits per heavy atom. The molecule has 1 amide bonds. The summed E-state index contributed by atoms with van der Waals surface area (Å²) < 4.78 is 11.3. The molecule has 0 aromatic rings. The molecule has 15 heavy (non-hydrogen) atoms. The minimum absolute atomic E-state index is 0.0849. The van der Waals surface area contributed by atoms with Crippen molar-refractivity contribution in [3.8, 4) is 0 Å². The fraction of sp³-hybridized carbons (Fsp3) is 0.778. The van der Waals surface area contributed by atoms with E-state index in [-0.39, 0.29) is 11.7 Å². The van der Waals surface area contributed by atoms with Gasteiger partial charge in [0.2, 0.25) is 5.91 Å². The average Bonchev–Trinajstić information content (AvgIpc) is 2.17. The molecule has 2 N–H and O–H groups in total. The number of carbonyl (C=O) groups is 2. The number of rotatable bonds is 7. The van der Waals surface area contributed by atoms with E-state index in [1.807, 2.05) is 0 Å². The van der Waals surface area contributed by atoms with Crippen LogP contribution in [0.2, 0.25) is 0 Å². The third-order valence-corrected chi connectivity index (χ3v) is 3.53. The van der Waals surface area contributed by atoms with E-state index in [1.54, 1.807) is 7.05 Å². The highest BCUT2D eigenvalue weighted by atomic mass is 32.2. The van der Waals surface area contributed by atoms with Crippen molar-refractivity contribution in [1.82, 2.24) is 5.32 Å². The van der Waals surface area contributed by atoms with E-state index < -0.39 is 22.7 Å². The van der Waals surface area contributed by atoms with Crippen LogP contribution in [0.4, 0.5) is 0 Å². The van der Waals surface area contributed by atoms with Gasteiger partial charge in [-0.15, -0.1) is 0 Å². The van der Waals surface area contributed by atoms with E-state index in [2.05, 4.69) is 5.32 Å². The SMILES string of the molecule is CNC(=O)CCCS(=O)CC(C)C(=O)O. The summed E-state index contributed by atoms with van der Waals surface area (Å²) in [7, 11) is 0.397. The van der Waals surface area contributed by atoms with E-state index in [1.165, 1.54) is 6.92 Å². The quantitative estimate of drug-likeness (QED) is 0.649. The van der Waals surface area contributed by atoms with Crippen molar-refractivity contribution in [3.63, 3.8) is 0 Å². The van der Waals surface area contributed by atoms with E-state index in [9.17, 15) is 13.8 Å². The maximum Gasteiger partial charge on any atom is 0.307 e. The van der Waals surface area contributed by atoms with Gasteiger partial charge in [-0.3, -0.25) is 13.8 Å². The molecule has 0 saturated heterocycles. The second-order valence-electron chi connectivity index (χ2n) is 3.33. The van der Waals surface area contributed by atoms with Crippen LogP contribution in [0.3, 0.4) is 0 Å². The van der Waals surface area contributed by atoms with Gasteiger partial charge in [0.25, 0.3) is 0 Å². The van der Waals surface area contributed by atoms with Crippen molar-refractivity contribution in [3.05, 3.63) is 0 Å². The summed E-state index contributed by atoms with van der Waals surface area (Å²) >= 11 is 0. The standard InChI is InChI=1S/C9H17NO4S/c1-7(9(12)13)6-15(14)5-3-4-8(11)10-2/h7H,3-6H2,1-2H3,(H,10,11)(H,12,13). The summed E-state index contributed by atoms with van der Waals surface area (Å²) in [5.74, 6) is -1.08. The van der Waals surface area contributed by atoms with Crippen molar-refractivity contribution >= 4 is 22.7 Å². The van der Waals surface area contributed by atoms with Gasteiger partial charge in [-0.2, -0.15) is 0 Å². The molecule has 0 rings (SSSR count). The van der Waals surface area contributed by atoms with Crippen LogP contribution in [-0.2, 0) is 20.4 Å². The lowest BCUT2D eigenvalue weighted by Crippen LogP contribution is -2.21. The molecule has 0 aliphatic carbocycles. The topological polar surface area (TPSA) is 83.5 Å². The van der Waals surface area contributed by atoms with Crippen LogP contribution in [0.5, 0.6) is 0 Å². The summed E-state index contributed by atoms with van der Waals surface area (Å²) in [6, 6.07) is 0. The van der Waals surface area contributed by atoms with Gasteiger partial charge in [-0.05, 0) is 6.42 Å². The minimum atomic E-state index is -1.15. The summed E-state index contributed by atoms with van der Waals surface area (Å²) in [6.07, 6.45) is 0.863. The Balaban J connectivity index is 3.67. The highest BCUT2D eigenvalue weighted by Gasteiger charge is 2.14. The summed E-state index contributed by atoms with van der Waals surface area (Å²) in [6.45, 7) is 1.53. The largest absolute Gasteiger partial charge is 0.481 e. The number of carboxylic acid groups (broad SMARTS) is 1. The first-order valence-electron chi connectivity index (χ1n) is 4.75. The fourth-order valence-electron chi connectivity index (χ4n) is 0.952. The Hall–Kier alpha value is -0.910. The van der Waals surface area contributed by atoms with Gasteiger partial charge in [0.1, 0.15) is 0 Å². The molecule has 0 radical (unpaired) electrons. The third-order valence-electron chi connectivity index (χ3n) is 1.91. The van der Waals surface area contributed by atoms with Crippen LogP contribution in [0.1, 0.15) is 19.8 Å². The molecule has 0 aromatic heterocycles. The second-order valence-corrected chi connectivity index (χ2v) is 4.95. The van der Waals surface area contributed by atoms with E-state index in [0.29, 0.717) is 18.6 Å². The molecule has 0 bridgehead atoms. The summed E-state index contributed by atoms with van der Waals surface area (Å²) in [5, 5.41) is 11.0. The molecule has 0 spiro atoms. The zero-order chi connectivity index (χ0) is 11.8. The van der Waals surface area contributed by atoms with Gasteiger partial charge < -0.3 is 10.4 Å². The number of carbonyl (C=O) groups excluding carboxylic acids is 1. The smallest absolute Gasteiger partial charge is 0.307 e. The van der Waals surface area contributed by atoms with Crippen LogP contribution in [0, 0.1) is 5.92 Å². The second kappa shape index (κ2) is 7.39. The molecule has 5 nitrogen and oxygen atoms in total. The van der Waals surface area contributed by atoms with Crippen LogP contribution in [-0.4, -0.2) is 39.7 Å². The average molecular weight is 235 g/mol. The molecule has 2 unspecified atom stereocenters. The molecule has 6 heteroatoms. The fourth-order valence-corrected chi connectivity index (χ4v) is 2.29. The lowest BCUT2D eigenvalue weighted by molar-refractivity contribution is -0.140. The highest BCUT2D eigenvalue weighted by Crippen LogP contribution is 2.01. The molecular weight excluding hydrogens is 218 g/mol. The molecule has 0 aliphatic heterocycles. The lowest BCUT2D eigenvalue weighted by atomic mass is 10.2. The Kier molecular flexibility index (Phi) is 6.94. The van der Waals surface area contributed by atoms with Crippen LogP contribution in [0.25, 0.3) is 0 Å². The Bertz CT molecular complexity index is 254. The number of carboxylic acids is 1. The zero-order valence-electron chi connectivity index (χ0n) is 8.99. The summed E-state index contributed by atoms with van der Waals surface area (Å²) in [5.41, 5.74) is 0. The monoisotopic (exact) mass is 235 g/mol. The number of nitrogens with one attached hydrogen (secondary N) is 1. The van der Waals surface area contributed by atoms with Crippen molar-refractivity contribution < 1.29 is 18.9 Å². The molecule has 0 aromatic carbocycles. The normalized spacial score (nSPS) is 14.3. The first-order chi connectivity index (χ1) is 6.97. The molecule has 0 heterocycles. The van der Waals surface area contributed by atoms with Crippen LogP contribution in [0.15, 0.2) is 0 Å². The number of amides is 1. The molecular formula is C9H17NO4S. The van der Waals surface area contributed by atoms with Gasteiger partial charge in [-0.1, -0.05) is 6.92 Å². The Morgan fingerprint density at radius 3 is 2.53 bits per heavy atom. The summed E-state index contributed by atoms with van der Waals surface area (Å²) in [4.78, 5) is 21.3. The van der Waals surface area contributed by atoms with Crippen LogP contribution >= 0.6 is 0 Å². The first-order valence-corrected chi connectivity index (χ1v) is 6.24. The lowest BCUT2D eigenvalue weighted by Gasteiger charge is -2.05. The number of hydrogen-bond donors (Lipinski definition) is 2. The molecule has 0 saturated carbocycles. The molecule has 0 fully saturated rings. The van der Waals surface area contributed by atoms with Crippen LogP contribution < -0.4 is 5.32 Å². The molecule has 0 aliphatic rings. The van der Waals surface area contributed by atoms with Gasteiger partial charge in [-0.25, -0.2) is 0 Å². The zero-order valence-corrected chi connectivity index (χ0v) is 9.80. The van der Waals surface area contributed by atoms with E-state index in [4.69, 9.17) is 5.11 Å². The Labute approximate surface area is 91.7 Å².